The summed E-state index contributed by atoms with van der Waals surface area (Å²) in [4.78, 5) is 10.1. The maximum Gasteiger partial charge on any atom is 0.584 e. The molecule has 0 radical (unpaired) electrons. The Kier molecular flexibility index (Phi) is 3.78. The fourth-order valence-electron chi connectivity index (χ4n) is 3.27. The van der Waals surface area contributed by atoms with E-state index in [2.05, 4.69) is 6.92 Å². The van der Waals surface area contributed by atoms with Crippen molar-refractivity contribution in [3.63, 3.8) is 0 Å². The number of aryl methyl sites for hydroxylation is 2. The lowest BCUT2D eigenvalue weighted by molar-refractivity contribution is 0.285. The summed E-state index contributed by atoms with van der Waals surface area (Å²) in [6.45, 7) is 10.2. The monoisotopic (exact) mass is 332 g/mol. The molecule has 0 saturated heterocycles. The van der Waals surface area contributed by atoms with Crippen LogP contribution in [0.5, 0.6) is 11.5 Å². The molecule has 1 aliphatic rings. The van der Waals surface area contributed by atoms with Gasteiger partial charge in [0.25, 0.3) is 0 Å². The van der Waals surface area contributed by atoms with Gasteiger partial charge >= 0.3 is 7.82 Å². The van der Waals surface area contributed by atoms with E-state index in [1.54, 1.807) is 12.1 Å². The smallest absolute Gasteiger partial charge is 0.395 e. The van der Waals surface area contributed by atoms with Crippen molar-refractivity contribution in [1.82, 2.24) is 0 Å². The Morgan fingerprint density at radius 3 is 1.65 bits per heavy atom. The molecule has 0 unspecified atom stereocenters. The summed E-state index contributed by atoms with van der Waals surface area (Å²) < 4.78 is 23.0. The van der Waals surface area contributed by atoms with Gasteiger partial charge in [0, 0.05) is 17.0 Å². The molecule has 0 aromatic heterocycles. The number of phosphoric ester groups is 1. The van der Waals surface area contributed by atoms with Crippen molar-refractivity contribution in [1.29, 1.82) is 0 Å². The molecule has 2 aromatic carbocycles. The lowest BCUT2D eigenvalue weighted by Crippen LogP contribution is -2.13. The highest BCUT2D eigenvalue weighted by atomic mass is 31.2. The molecule has 0 fully saturated rings. The van der Waals surface area contributed by atoms with Crippen LogP contribution in [-0.4, -0.2) is 4.89 Å². The Balaban J connectivity index is 2.37. The van der Waals surface area contributed by atoms with E-state index in [-0.39, 0.29) is 5.92 Å². The number of rotatable bonds is 0. The second-order valence-electron chi connectivity index (χ2n) is 6.21. The first-order valence-electron chi connectivity index (χ1n) is 7.63. The van der Waals surface area contributed by atoms with Gasteiger partial charge in [0.15, 0.2) is 0 Å². The normalized spacial score (nSPS) is 23.0. The summed E-state index contributed by atoms with van der Waals surface area (Å²) in [5, 5.41) is 0. The van der Waals surface area contributed by atoms with Gasteiger partial charge in [-0.2, -0.15) is 0 Å². The minimum atomic E-state index is -4.22. The zero-order chi connectivity index (χ0) is 16.9. The molecule has 23 heavy (non-hydrogen) atoms. The van der Waals surface area contributed by atoms with Gasteiger partial charge in [-0.05, 0) is 62.1 Å². The SMILES string of the molecule is Cc1ccc2c(c1C)C(C)c1c(ccc(C)c1C)OP(=O)(O)O2. The first-order chi connectivity index (χ1) is 10.7. The van der Waals surface area contributed by atoms with Crippen LogP contribution in [0.1, 0.15) is 46.2 Å². The third-order valence-corrected chi connectivity index (χ3v) is 5.64. The molecule has 0 spiro atoms. The Labute approximate surface area is 136 Å². The highest BCUT2D eigenvalue weighted by Gasteiger charge is 2.34. The zero-order valence-corrected chi connectivity index (χ0v) is 14.9. The molecule has 0 atom stereocenters. The average molecular weight is 332 g/mol. The molecule has 0 amide bonds. The van der Waals surface area contributed by atoms with Crippen LogP contribution in [0.4, 0.5) is 0 Å². The van der Waals surface area contributed by atoms with Gasteiger partial charge in [-0.3, -0.25) is 4.89 Å². The molecule has 1 N–H and O–H groups in total. The summed E-state index contributed by atoms with van der Waals surface area (Å²) in [7, 11) is -4.22. The van der Waals surface area contributed by atoms with Crippen LogP contribution in [0.2, 0.25) is 0 Å². The summed E-state index contributed by atoms with van der Waals surface area (Å²) in [5.41, 5.74) is 6.28. The molecule has 5 heteroatoms. The minimum Gasteiger partial charge on any atom is -0.395 e. The van der Waals surface area contributed by atoms with Crippen LogP contribution >= 0.6 is 7.82 Å². The van der Waals surface area contributed by atoms with Crippen molar-refractivity contribution in [2.24, 2.45) is 0 Å². The molecule has 2 aromatic rings. The topological polar surface area (TPSA) is 55.8 Å². The Bertz CT molecular complexity index is 776. The van der Waals surface area contributed by atoms with Crippen molar-refractivity contribution in [2.45, 2.75) is 40.5 Å². The lowest BCUT2D eigenvalue weighted by Gasteiger charge is -2.29. The van der Waals surface area contributed by atoms with Gasteiger partial charge < -0.3 is 9.05 Å². The Hall–Kier alpha value is -1.77. The number of benzene rings is 2. The third-order valence-electron chi connectivity index (χ3n) is 4.78. The molecule has 0 saturated carbocycles. The van der Waals surface area contributed by atoms with Crippen LogP contribution in [-0.2, 0) is 4.57 Å². The summed E-state index contributed by atoms with van der Waals surface area (Å²) >= 11 is 0. The van der Waals surface area contributed by atoms with Crippen molar-refractivity contribution in [3.05, 3.63) is 57.6 Å². The van der Waals surface area contributed by atoms with E-state index in [0.29, 0.717) is 11.5 Å². The number of phosphoric acid groups is 1. The Morgan fingerprint density at radius 2 is 1.26 bits per heavy atom. The molecule has 1 heterocycles. The largest absolute Gasteiger partial charge is 0.584 e. The van der Waals surface area contributed by atoms with Gasteiger partial charge in [-0.25, -0.2) is 4.57 Å². The predicted octanol–water partition coefficient (Wildman–Crippen LogP) is 4.94. The molecule has 3 rings (SSSR count). The quantitative estimate of drug-likeness (QED) is 0.694. The number of fused-ring (bicyclic) bond motifs is 2. The molecule has 4 nitrogen and oxygen atoms in total. The van der Waals surface area contributed by atoms with Crippen LogP contribution in [0.15, 0.2) is 24.3 Å². The average Bonchev–Trinajstić information content (AvgIpc) is 2.45. The van der Waals surface area contributed by atoms with Crippen LogP contribution in [0.3, 0.4) is 0 Å². The lowest BCUT2D eigenvalue weighted by atomic mass is 9.84. The molecular weight excluding hydrogens is 311 g/mol. The van der Waals surface area contributed by atoms with Crippen LogP contribution in [0.25, 0.3) is 0 Å². The van der Waals surface area contributed by atoms with Gasteiger partial charge in [0.1, 0.15) is 11.5 Å². The molecule has 1 aliphatic heterocycles. The summed E-state index contributed by atoms with van der Waals surface area (Å²) in [5.74, 6) is 0.830. The number of hydrogen-bond donors (Lipinski definition) is 1. The van der Waals surface area contributed by atoms with Crippen LogP contribution in [0, 0.1) is 27.7 Å². The van der Waals surface area contributed by atoms with Crippen molar-refractivity contribution in [2.75, 3.05) is 0 Å². The van der Waals surface area contributed by atoms with Gasteiger partial charge in [-0.15, -0.1) is 0 Å². The maximum absolute atomic E-state index is 12.3. The number of hydrogen-bond acceptors (Lipinski definition) is 3. The molecular formula is C18H21O4P. The highest BCUT2D eigenvalue weighted by molar-refractivity contribution is 7.48. The molecule has 0 bridgehead atoms. The minimum absolute atomic E-state index is 0.0000926. The van der Waals surface area contributed by atoms with E-state index in [1.807, 2.05) is 39.8 Å². The van der Waals surface area contributed by atoms with E-state index in [4.69, 9.17) is 9.05 Å². The van der Waals surface area contributed by atoms with E-state index in [0.717, 1.165) is 33.4 Å². The molecule has 122 valence electrons. The third kappa shape index (κ3) is 2.66. The fraction of sp³-hybridized carbons (Fsp3) is 0.333. The highest BCUT2D eigenvalue weighted by Crippen LogP contribution is 2.53. The van der Waals surface area contributed by atoms with E-state index in [1.165, 1.54) is 0 Å². The van der Waals surface area contributed by atoms with E-state index < -0.39 is 7.82 Å². The van der Waals surface area contributed by atoms with Crippen molar-refractivity contribution in [3.8, 4) is 11.5 Å². The zero-order valence-electron chi connectivity index (χ0n) is 14.0. The van der Waals surface area contributed by atoms with Crippen LogP contribution < -0.4 is 9.05 Å². The Morgan fingerprint density at radius 1 is 0.870 bits per heavy atom. The maximum atomic E-state index is 12.3. The first kappa shape index (κ1) is 16.1. The van der Waals surface area contributed by atoms with Gasteiger partial charge in [-0.1, -0.05) is 19.1 Å². The standard InChI is InChI=1S/C18H21O4P/c1-10-6-8-15-17(12(10)3)14(5)18-13(4)11(2)7-9-16(18)22-23(19,20)21-15/h6-9,14H,1-5H3,(H,19,20). The summed E-state index contributed by atoms with van der Waals surface area (Å²) in [6, 6.07) is 7.28. The van der Waals surface area contributed by atoms with E-state index >= 15 is 0 Å². The second-order valence-corrected chi connectivity index (χ2v) is 7.51. The predicted molar refractivity (Wildman–Crippen MR) is 90.4 cm³/mol. The van der Waals surface area contributed by atoms with Crippen molar-refractivity contribution < 1.29 is 18.5 Å². The fourth-order valence-corrected chi connectivity index (χ4v) is 4.13. The van der Waals surface area contributed by atoms with Gasteiger partial charge in [0.05, 0.1) is 0 Å². The van der Waals surface area contributed by atoms with E-state index in [9.17, 15) is 9.46 Å². The second kappa shape index (κ2) is 5.40. The molecule has 0 aliphatic carbocycles. The first-order valence-corrected chi connectivity index (χ1v) is 9.13. The summed E-state index contributed by atoms with van der Waals surface area (Å²) in [6.07, 6.45) is 0. The van der Waals surface area contributed by atoms with Gasteiger partial charge in [0.2, 0.25) is 0 Å². The van der Waals surface area contributed by atoms with Crippen molar-refractivity contribution >= 4 is 7.82 Å².